The van der Waals surface area contributed by atoms with Crippen molar-refractivity contribution >= 4 is 22.8 Å². The molecule has 0 fully saturated rings. The van der Waals surface area contributed by atoms with E-state index in [9.17, 15) is 4.79 Å². The Labute approximate surface area is 187 Å². The summed E-state index contributed by atoms with van der Waals surface area (Å²) in [5.74, 6) is 1.36. The van der Waals surface area contributed by atoms with Crippen LogP contribution in [0.2, 0.25) is 0 Å². The zero-order chi connectivity index (χ0) is 23.1. The Balaban J connectivity index is 2.19. The molecule has 0 aliphatic rings. The molecule has 0 bridgehead atoms. The third-order valence-electron chi connectivity index (χ3n) is 5.25. The van der Waals surface area contributed by atoms with Gasteiger partial charge in [-0.2, -0.15) is 5.10 Å². The lowest BCUT2D eigenvalue weighted by Gasteiger charge is -2.18. The predicted octanol–water partition coefficient (Wildman–Crippen LogP) is 5.26. The number of hydrogen-bond donors (Lipinski definition) is 0. The Morgan fingerprint density at radius 2 is 1.74 bits per heavy atom. The molecular formula is C24H32N3O3S+. The maximum absolute atomic E-state index is 12.3. The first kappa shape index (κ1) is 23.1. The van der Waals surface area contributed by atoms with Gasteiger partial charge in [-0.05, 0) is 69.5 Å². The number of esters is 1. The molecule has 0 saturated carbocycles. The molecule has 6 nitrogen and oxygen atoms in total. The lowest BCUT2D eigenvalue weighted by Crippen LogP contribution is -2.31. The SMILES string of the molecule is COC(=O)c1cc(-c2c(C)cc(O[S+](C)C(C)(C)C)cc2C)c2nc(C(C)C)nn2c1. The number of hydrogen-bond acceptors (Lipinski definition) is 5. The third kappa shape index (κ3) is 4.71. The van der Waals surface area contributed by atoms with Crippen molar-refractivity contribution in [1.29, 1.82) is 0 Å². The maximum Gasteiger partial charge on any atom is 0.339 e. The minimum Gasteiger partial charge on any atom is -0.465 e. The van der Waals surface area contributed by atoms with Crippen LogP contribution in [-0.4, -0.2) is 38.7 Å². The first-order valence-corrected chi connectivity index (χ1v) is 11.9. The second-order valence-corrected chi connectivity index (χ2v) is 11.4. The molecule has 0 aliphatic carbocycles. The second-order valence-electron chi connectivity index (χ2n) is 9.11. The molecule has 1 aromatic carbocycles. The van der Waals surface area contributed by atoms with E-state index in [0.717, 1.165) is 39.5 Å². The zero-order valence-electron chi connectivity index (χ0n) is 19.9. The number of carbonyl (C=O) groups excluding carboxylic acids is 1. The normalized spacial score (nSPS) is 13.0. The maximum atomic E-state index is 12.3. The summed E-state index contributed by atoms with van der Waals surface area (Å²) in [7, 11) is 1.38. The van der Waals surface area contributed by atoms with Gasteiger partial charge in [0.25, 0.3) is 0 Å². The van der Waals surface area contributed by atoms with Crippen molar-refractivity contribution in [2.45, 2.75) is 59.1 Å². The van der Waals surface area contributed by atoms with Gasteiger partial charge in [0.15, 0.2) is 33.1 Å². The highest BCUT2D eigenvalue weighted by molar-refractivity contribution is 7.93. The molecule has 3 aromatic rings. The predicted molar refractivity (Wildman–Crippen MR) is 127 cm³/mol. The number of aromatic nitrogens is 3. The van der Waals surface area contributed by atoms with E-state index in [-0.39, 0.29) is 21.8 Å². The van der Waals surface area contributed by atoms with Crippen LogP contribution in [0.1, 0.15) is 67.8 Å². The van der Waals surface area contributed by atoms with Crippen LogP contribution in [0, 0.1) is 13.8 Å². The van der Waals surface area contributed by atoms with Gasteiger partial charge >= 0.3 is 5.97 Å². The summed E-state index contributed by atoms with van der Waals surface area (Å²) < 4.78 is 13.0. The van der Waals surface area contributed by atoms with Crippen LogP contribution in [0.5, 0.6) is 5.75 Å². The molecule has 2 aromatic heterocycles. The van der Waals surface area contributed by atoms with Gasteiger partial charge in [-0.15, -0.1) is 0 Å². The molecule has 1 unspecified atom stereocenters. The minimum atomic E-state index is -0.403. The average Bonchev–Trinajstić information content (AvgIpc) is 3.10. The number of carbonyl (C=O) groups is 1. The number of fused-ring (bicyclic) bond motifs is 1. The van der Waals surface area contributed by atoms with Crippen molar-refractivity contribution in [3.8, 4) is 16.9 Å². The van der Waals surface area contributed by atoms with Crippen LogP contribution >= 0.6 is 0 Å². The van der Waals surface area contributed by atoms with Crippen molar-refractivity contribution in [2.24, 2.45) is 0 Å². The van der Waals surface area contributed by atoms with Crippen molar-refractivity contribution in [3.05, 3.63) is 46.9 Å². The van der Waals surface area contributed by atoms with Crippen LogP contribution in [0.3, 0.4) is 0 Å². The van der Waals surface area contributed by atoms with Gasteiger partial charge in [0, 0.05) is 17.7 Å². The molecular weight excluding hydrogens is 410 g/mol. The summed E-state index contributed by atoms with van der Waals surface area (Å²) in [5.41, 5.74) is 5.15. The van der Waals surface area contributed by atoms with Gasteiger partial charge in [0.2, 0.25) is 0 Å². The highest BCUT2D eigenvalue weighted by Gasteiger charge is 2.33. The summed E-state index contributed by atoms with van der Waals surface area (Å²) in [6.07, 6.45) is 3.80. The monoisotopic (exact) mass is 442 g/mol. The Morgan fingerprint density at radius 3 is 2.26 bits per heavy atom. The Kier molecular flexibility index (Phi) is 6.37. The molecule has 0 saturated heterocycles. The summed E-state index contributed by atoms with van der Waals surface area (Å²) in [6, 6.07) is 5.95. The fraction of sp³-hybridized carbons (Fsp3) is 0.458. The van der Waals surface area contributed by atoms with Crippen LogP contribution in [0.25, 0.3) is 16.8 Å². The third-order valence-corrected chi connectivity index (χ3v) is 7.41. The summed E-state index contributed by atoms with van der Waals surface area (Å²) >= 11 is -0.229. The number of methoxy groups -OCH3 is 1. The van der Waals surface area contributed by atoms with Crippen molar-refractivity contribution < 1.29 is 13.7 Å². The summed E-state index contributed by atoms with van der Waals surface area (Å²) in [5, 5.41) is 4.59. The first-order valence-electron chi connectivity index (χ1n) is 10.4. The van der Waals surface area contributed by atoms with Gasteiger partial charge in [-0.1, -0.05) is 13.8 Å². The van der Waals surface area contributed by atoms with E-state index >= 15 is 0 Å². The number of rotatable bonds is 5. The molecule has 0 radical (unpaired) electrons. The number of nitrogens with zero attached hydrogens (tertiary/aromatic N) is 3. The molecule has 0 amide bonds. The van der Waals surface area contributed by atoms with Gasteiger partial charge in [0.05, 0.1) is 12.7 Å². The first-order chi connectivity index (χ1) is 14.4. The van der Waals surface area contributed by atoms with Crippen LogP contribution in [0.15, 0.2) is 24.4 Å². The summed E-state index contributed by atoms with van der Waals surface area (Å²) in [6.45, 7) is 14.7. The van der Waals surface area contributed by atoms with Crippen molar-refractivity contribution in [3.63, 3.8) is 0 Å². The van der Waals surface area contributed by atoms with Gasteiger partial charge < -0.3 is 4.74 Å². The highest BCUT2D eigenvalue weighted by Crippen LogP contribution is 2.35. The van der Waals surface area contributed by atoms with Crippen LogP contribution in [0.4, 0.5) is 0 Å². The Morgan fingerprint density at radius 1 is 1.13 bits per heavy atom. The molecule has 166 valence electrons. The largest absolute Gasteiger partial charge is 0.465 e. The van der Waals surface area contributed by atoms with E-state index in [1.807, 2.05) is 6.07 Å². The van der Waals surface area contributed by atoms with Crippen LogP contribution < -0.4 is 4.18 Å². The molecule has 0 aliphatic heterocycles. The molecule has 2 heterocycles. The van der Waals surface area contributed by atoms with E-state index in [1.54, 1.807) is 10.7 Å². The fourth-order valence-corrected chi connectivity index (χ4v) is 3.96. The lowest BCUT2D eigenvalue weighted by molar-refractivity contribution is 0.0600. The smallest absolute Gasteiger partial charge is 0.339 e. The fourth-order valence-electron chi connectivity index (χ4n) is 3.33. The molecule has 0 N–H and O–H groups in total. The molecule has 3 rings (SSSR count). The molecule has 31 heavy (non-hydrogen) atoms. The lowest BCUT2D eigenvalue weighted by atomic mass is 9.95. The number of pyridine rings is 1. The van der Waals surface area contributed by atoms with Crippen molar-refractivity contribution in [1.82, 2.24) is 14.6 Å². The molecule has 0 spiro atoms. The van der Waals surface area contributed by atoms with E-state index in [4.69, 9.17) is 13.9 Å². The standard InChI is InChI=1S/C24H32N3O3S/c1-14(2)21-25-22-19(12-17(23(28)29-8)13-27(22)26-21)20-15(3)10-18(11-16(20)4)30-31(9)24(5,6)7/h10-14H,1-9H3/q+1. The van der Waals surface area contributed by atoms with Gasteiger partial charge in [0.1, 0.15) is 6.26 Å². The van der Waals surface area contributed by atoms with E-state index in [2.05, 4.69) is 72.0 Å². The quantitative estimate of drug-likeness (QED) is 0.398. The van der Waals surface area contributed by atoms with Gasteiger partial charge in [-0.3, -0.25) is 4.18 Å². The Bertz CT molecular complexity index is 1110. The zero-order valence-corrected chi connectivity index (χ0v) is 20.7. The topological polar surface area (TPSA) is 65.7 Å². The number of benzene rings is 1. The minimum absolute atomic E-state index is 0.0657. The van der Waals surface area contributed by atoms with E-state index < -0.39 is 5.97 Å². The Hall–Kier alpha value is -2.54. The highest BCUT2D eigenvalue weighted by atomic mass is 32.2. The van der Waals surface area contributed by atoms with Crippen LogP contribution in [-0.2, 0) is 15.9 Å². The molecule has 1 atom stereocenters. The van der Waals surface area contributed by atoms with Gasteiger partial charge in [-0.25, -0.2) is 14.3 Å². The van der Waals surface area contributed by atoms with E-state index in [1.165, 1.54) is 7.11 Å². The number of aryl methyl sites for hydroxylation is 2. The second kappa shape index (κ2) is 8.54. The van der Waals surface area contributed by atoms with E-state index in [0.29, 0.717) is 5.56 Å². The summed E-state index contributed by atoms with van der Waals surface area (Å²) in [4.78, 5) is 17.1. The average molecular weight is 443 g/mol. The van der Waals surface area contributed by atoms with Crippen molar-refractivity contribution in [2.75, 3.05) is 13.4 Å². The number of ether oxygens (including phenoxy) is 1. The molecule has 7 heteroatoms.